The highest BCUT2D eigenvalue weighted by molar-refractivity contribution is 7.88. The predicted molar refractivity (Wildman–Crippen MR) is 76.9 cm³/mol. The van der Waals surface area contributed by atoms with E-state index in [9.17, 15) is 16.8 Å². The summed E-state index contributed by atoms with van der Waals surface area (Å²) in [6, 6.07) is -0.321. The molecule has 2 aliphatic rings. The van der Waals surface area contributed by atoms with E-state index in [0.717, 1.165) is 25.5 Å². The van der Waals surface area contributed by atoms with E-state index in [2.05, 4.69) is 4.72 Å². The van der Waals surface area contributed by atoms with E-state index in [4.69, 9.17) is 0 Å². The molecule has 1 N–H and O–H groups in total. The molecule has 0 aromatic rings. The molecular weight excluding hydrogens is 302 g/mol. The maximum Gasteiger partial charge on any atom is 0.282 e. The van der Waals surface area contributed by atoms with E-state index in [1.54, 1.807) is 0 Å². The molecule has 0 spiro atoms. The van der Waals surface area contributed by atoms with Gasteiger partial charge in [-0.2, -0.15) is 17.0 Å². The molecule has 20 heavy (non-hydrogen) atoms. The highest BCUT2D eigenvalue weighted by atomic mass is 32.2. The smallest absolute Gasteiger partial charge is 0.213 e. The van der Waals surface area contributed by atoms with Crippen LogP contribution in [-0.4, -0.2) is 63.9 Å². The molecule has 2 saturated heterocycles. The molecule has 2 heterocycles. The van der Waals surface area contributed by atoms with Gasteiger partial charge in [-0.25, -0.2) is 13.1 Å². The topological polar surface area (TPSA) is 86.8 Å². The Balaban J connectivity index is 2.03. The first-order valence-corrected chi connectivity index (χ1v) is 10.3. The Kier molecular flexibility index (Phi) is 5.06. The third kappa shape index (κ3) is 4.14. The molecule has 2 aliphatic heterocycles. The second-order valence-electron chi connectivity index (χ2n) is 5.55. The zero-order chi connectivity index (χ0) is 14.8. The van der Waals surface area contributed by atoms with Gasteiger partial charge in [0, 0.05) is 32.2 Å². The number of hydrogen-bond donors (Lipinski definition) is 1. The molecule has 2 rings (SSSR count). The highest BCUT2D eigenvalue weighted by Crippen LogP contribution is 2.20. The van der Waals surface area contributed by atoms with Gasteiger partial charge in [-0.1, -0.05) is 6.42 Å². The van der Waals surface area contributed by atoms with Crippen molar-refractivity contribution in [3.8, 4) is 0 Å². The van der Waals surface area contributed by atoms with E-state index in [-0.39, 0.29) is 12.6 Å². The van der Waals surface area contributed by atoms with Crippen LogP contribution in [0.2, 0.25) is 0 Å². The summed E-state index contributed by atoms with van der Waals surface area (Å²) in [5.41, 5.74) is 0. The van der Waals surface area contributed by atoms with Crippen LogP contribution >= 0.6 is 0 Å². The number of piperidine rings is 2. The van der Waals surface area contributed by atoms with Gasteiger partial charge in [-0.3, -0.25) is 0 Å². The van der Waals surface area contributed by atoms with Gasteiger partial charge in [0.15, 0.2) is 0 Å². The van der Waals surface area contributed by atoms with Crippen molar-refractivity contribution in [2.75, 3.05) is 32.4 Å². The molecule has 0 radical (unpaired) electrons. The fourth-order valence-electron chi connectivity index (χ4n) is 2.81. The van der Waals surface area contributed by atoms with Gasteiger partial charge in [0.2, 0.25) is 10.0 Å². The summed E-state index contributed by atoms with van der Waals surface area (Å²) in [4.78, 5) is 0. The fraction of sp³-hybridized carbons (Fsp3) is 1.00. The summed E-state index contributed by atoms with van der Waals surface area (Å²) in [5.74, 6) is 0. The normalized spacial score (nSPS) is 27.6. The van der Waals surface area contributed by atoms with Crippen molar-refractivity contribution < 1.29 is 16.8 Å². The highest BCUT2D eigenvalue weighted by Gasteiger charge is 2.34. The standard InChI is InChI=1S/C11H23N3O4S2/c1-19(15,16)12-11-6-5-9-14(10-11)20(17,18)13-7-3-2-4-8-13/h11-12H,2-10H2,1H3. The van der Waals surface area contributed by atoms with Crippen molar-refractivity contribution in [3.63, 3.8) is 0 Å². The molecule has 1 atom stereocenters. The largest absolute Gasteiger partial charge is 0.282 e. The maximum absolute atomic E-state index is 12.5. The number of nitrogens with zero attached hydrogens (tertiary/aromatic N) is 2. The van der Waals surface area contributed by atoms with E-state index < -0.39 is 20.2 Å². The van der Waals surface area contributed by atoms with Crippen LogP contribution in [0.3, 0.4) is 0 Å². The number of hydrogen-bond acceptors (Lipinski definition) is 4. The Bertz CT molecular complexity index is 526. The molecule has 118 valence electrons. The summed E-state index contributed by atoms with van der Waals surface area (Å²) >= 11 is 0. The first-order chi connectivity index (χ1) is 9.29. The first-order valence-electron chi connectivity index (χ1n) is 7.01. The molecule has 0 bridgehead atoms. The quantitative estimate of drug-likeness (QED) is 0.771. The van der Waals surface area contributed by atoms with E-state index in [0.29, 0.717) is 32.5 Å². The number of sulfonamides is 1. The molecule has 9 heteroatoms. The van der Waals surface area contributed by atoms with Crippen LogP contribution in [0.25, 0.3) is 0 Å². The Labute approximate surface area is 121 Å². The van der Waals surface area contributed by atoms with Crippen molar-refractivity contribution in [1.29, 1.82) is 0 Å². The second kappa shape index (κ2) is 6.27. The molecule has 0 saturated carbocycles. The number of nitrogens with one attached hydrogen (secondary N) is 1. The van der Waals surface area contributed by atoms with Crippen LogP contribution in [0.15, 0.2) is 0 Å². The SMILES string of the molecule is CS(=O)(=O)NC1CCCN(S(=O)(=O)N2CCCCC2)C1. The predicted octanol–water partition coefficient (Wildman–Crippen LogP) is -0.269. The fourth-order valence-corrected chi connectivity index (χ4v) is 5.38. The lowest BCUT2D eigenvalue weighted by atomic mass is 10.1. The van der Waals surface area contributed by atoms with Crippen LogP contribution in [0.5, 0.6) is 0 Å². The third-order valence-electron chi connectivity index (χ3n) is 3.73. The Morgan fingerprint density at radius 2 is 1.50 bits per heavy atom. The minimum atomic E-state index is -3.44. The molecule has 0 amide bonds. The van der Waals surface area contributed by atoms with Crippen LogP contribution in [0, 0.1) is 0 Å². The Morgan fingerprint density at radius 3 is 2.10 bits per heavy atom. The summed E-state index contributed by atoms with van der Waals surface area (Å²) in [6.45, 7) is 1.85. The van der Waals surface area contributed by atoms with Crippen LogP contribution in [0.4, 0.5) is 0 Å². The van der Waals surface area contributed by atoms with Crippen molar-refractivity contribution in [2.45, 2.75) is 38.1 Å². The molecule has 2 fully saturated rings. The maximum atomic E-state index is 12.5. The molecule has 1 unspecified atom stereocenters. The Hall–Kier alpha value is -0.220. The zero-order valence-corrected chi connectivity index (χ0v) is 13.4. The minimum Gasteiger partial charge on any atom is -0.213 e. The van der Waals surface area contributed by atoms with Gasteiger partial charge in [-0.15, -0.1) is 0 Å². The van der Waals surface area contributed by atoms with E-state index in [1.165, 1.54) is 8.61 Å². The van der Waals surface area contributed by atoms with Gasteiger partial charge >= 0.3 is 0 Å². The lowest BCUT2D eigenvalue weighted by molar-refractivity contribution is 0.262. The van der Waals surface area contributed by atoms with Crippen LogP contribution in [-0.2, 0) is 20.2 Å². The summed E-state index contributed by atoms with van der Waals surface area (Å²) < 4.78 is 53.0. The van der Waals surface area contributed by atoms with Crippen LogP contribution < -0.4 is 4.72 Å². The van der Waals surface area contributed by atoms with E-state index >= 15 is 0 Å². The third-order valence-corrected chi connectivity index (χ3v) is 6.50. The van der Waals surface area contributed by atoms with Crippen LogP contribution in [0.1, 0.15) is 32.1 Å². The zero-order valence-electron chi connectivity index (χ0n) is 11.8. The molecule has 7 nitrogen and oxygen atoms in total. The van der Waals surface area contributed by atoms with Gasteiger partial charge in [0.1, 0.15) is 0 Å². The average Bonchev–Trinajstić information content (AvgIpc) is 2.38. The average molecular weight is 325 g/mol. The van der Waals surface area contributed by atoms with Crippen molar-refractivity contribution >= 4 is 20.2 Å². The van der Waals surface area contributed by atoms with Crippen molar-refractivity contribution in [3.05, 3.63) is 0 Å². The summed E-state index contributed by atoms with van der Waals surface area (Å²) in [7, 11) is -6.74. The summed E-state index contributed by atoms with van der Waals surface area (Å²) in [6.07, 6.45) is 5.34. The van der Waals surface area contributed by atoms with Crippen molar-refractivity contribution in [2.24, 2.45) is 0 Å². The minimum absolute atomic E-state index is 0.228. The van der Waals surface area contributed by atoms with Gasteiger partial charge < -0.3 is 0 Å². The molecule has 0 aromatic heterocycles. The monoisotopic (exact) mass is 325 g/mol. The second-order valence-corrected chi connectivity index (χ2v) is 9.26. The summed E-state index contributed by atoms with van der Waals surface area (Å²) in [5, 5.41) is 0. The molecule has 0 aliphatic carbocycles. The van der Waals surface area contributed by atoms with Gasteiger partial charge in [-0.05, 0) is 25.7 Å². The van der Waals surface area contributed by atoms with Gasteiger partial charge in [0.25, 0.3) is 10.2 Å². The molecule has 0 aromatic carbocycles. The van der Waals surface area contributed by atoms with Crippen molar-refractivity contribution in [1.82, 2.24) is 13.3 Å². The lowest BCUT2D eigenvalue weighted by Crippen LogP contribution is -2.53. The first kappa shape index (κ1) is 16.2. The van der Waals surface area contributed by atoms with Gasteiger partial charge in [0.05, 0.1) is 6.26 Å². The molecular formula is C11H23N3O4S2. The Morgan fingerprint density at radius 1 is 0.900 bits per heavy atom. The lowest BCUT2D eigenvalue weighted by Gasteiger charge is -2.36. The number of rotatable bonds is 4. The van der Waals surface area contributed by atoms with E-state index in [1.807, 2.05) is 0 Å².